The van der Waals surface area contributed by atoms with Crippen LogP contribution < -0.4 is 0 Å². The maximum absolute atomic E-state index is 2.71. The van der Waals surface area contributed by atoms with Crippen molar-refractivity contribution in [2.45, 2.75) is 112 Å². The van der Waals surface area contributed by atoms with Crippen molar-refractivity contribution in [3.8, 4) is 11.1 Å². The van der Waals surface area contributed by atoms with E-state index in [-0.39, 0.29) is 27.1 Å². The van der Waals surface area contributed by atoms with E-state index in [1.165, 1.54) is 72.0 Å². The zero-order chi connectivity index (χ0) is 34.3. The second-order valence-electron chi connectivity index (χ2n) is 19.0. The molecule has 48 heavy (non-hydrogen) atoms. The smallest absolute Gasteiger partial charge is 0.0443 e. The zero-order valence-corrected chi connectivity index (χ0v) is 31.5. The summed E-state index contributed by atoms with van der Waals surface area (Å²) in [5, 5.41) is 2.80. The minimum Gasteiger partial charge on any atom is -0.0655 e. The molecule has 246 valence electrons. The van der Waals surface area contributed by atoms with E-state index < -0.39 is 0 Å². The van der Waals surface area contributed by atoms with Gasteiger partial charge in [0.25, 0.3) is 0 Å². The van der Waals surface area contributed by atoms with Gasteiger partial charge in [0.05, 0.1) is 0 Å². The van der Waals surface area contributed by atoms with Gasteiger partial charge in [-0.3, -0.25) is 0 Å². The molecule has 0 saturated carbocycles. The molecule has 0 N–H and O–H groups in total. The lowest BCUT2D eigenvalue weighted by Gasteiger charge is -2.41. The largest absolute Gasteiger partial charge is 0.0655 e. The third-order valence-electron chi connectivity index (χ3n) is 12.4. The van der Waals surface area contributed by atoms with E-state index in [1.807, 2.05) is 0 Å². The number of hydrogen-bond donors (Lipinski definition) is 0. The molecule has 1 spiro atoms. The molecule has 0 bridgehead atoms. The van der Waals surface area contributed by atoms with E-state index in [2.05, 4.69) is 162 Å². The average molecular weight is 631 g/mol. The van der Waals surface area contributed by atoms with Crippen LogP contribution in [0, 0.1) is 16.7 Å². The lowest BCUT2D eigenvalue weighted by Crippen LogP contribution is -2.32. The summed E-state index contributed by atoms with van der Waals surface area (Å²) in [5.74, 6) is 0.635. The Morgan fingerprint density at radius 2 is 1.35 bits per heavy atom. The van der Waals surface area contributed by atoms with Crippen LogP contribution in [0.2, 0.25) is 0 Å². The first kappa shape index (κ1) is 31.6. The lowest BCUT2D eigenvalue weighted by molar-refractivity contribution is 0.432. The number of rotatable bonds is 2. The fourth-order valence-electron chi connectivity index (χ4n) is 10.1. The highest BCUT2D eigenvalue weighted by atomic mass is 14.6. The SMILES string of the molecule is CC(C)Cc1ccc2c3c(ccc2c1)-c1c(ccc2c1C(C)(C)C1=C2C(C)(C)c2ccccc21)C31C=C(C(C)(C)C)C=C(C(C)(C)C)C1. The van der Waals surface area contributed by atoms with Gasteiger partial charge >= 0.3 is 0 Å². The summed E-state index contributed by atoms with van der Waals surface area (Å²) in [6.45, 7) is 29.0. The van der Waals surface area contributed by atoms with Gasteiger partial charge in [-0.25, -0.2) is 0 Å². The third kappa shape index (κ3) is 4.14. The summed E-state index contributed by atoms with van der Waals surface area (Å²) in [6.07, 6.45) is 7.40. The molecule has 4 aromatic carbocycles. The van der Waals surface area contributed by atoms with Crippen molar-refractivity contribution < 1.29 is 0 Å². The van der Waals surface area contributed by atoms with Crippen molar-refractivity contribution in [3.05, 3.63) is 129 Å². The van der Waals surface area contributed by atoms with Crippen LogP contribution in [0.3, 0.4) is 0 Å². The molecule has 1 unspecified atom stereocenters. The van der Waals surface area contributed by atoms with Crippen LogP contribution in [0.15, 0.2) is 90.0 Å². The second kappa shape index (κ2) is 9.74. The molecule has 1 atom stereocenters. The highest BCUT2D eigenvalue weighted by Gasteiger charge is 2.54. The molecule has 0 nitrogen and oxygen atoms in total. The van der Waals surface area contributed by atoms with Crippen LogP contribution in [-0.2, 0) is 22.7 Å². The Morgan fingerprint density at radius 1 is 0.667 bits per heavy atom. The van der Waals surface area contributed by atoms with Crippen molar-refractivity contribution in [2.75, 3.05) is 0 Å². The van der Waals surface area contributed by atoms with Gasteiger partial charge in [-0.05, 0) is 107 Å². The van der Waals surface area contributed by atoms with Crippen LogP contribution in [0.5, 0.6) is 0 Å². The Hall–Kier alpha value is -3.64. The first-order valence-corrected chi connectivity index (χ1v) is 18.4. The number of benzene rings is 4. The van der Waals surface area contributed by atoms with Gasteiger partial charge in [-0.15, -0.1) is 0 Å². The molecule has 0 heterocycles. The molecule has 4 aliphatic rings. The summed E-state index contributed by atoms with van der Waals surface area (Å²) < 4.78 is 0. The summed E-state index contributed by atoms with van der Waals surface area (Å²) in [4.78, 5) is 0. The first-order chi connectivity index (χ1) is 22.4. The molecule has 4 aliphatic carbocycles. The van der Waals surface area contributed by atoms with Gasteiger partial charge in [0.1, 0.15) is 0 Å². The Labute approximate surface area is 290 Å². The lowest BCUT2D eigenvalue weighted by atomic mass is 9.62. The van der Waals surface area contributed by atoms with E-state index in [4.69, 9.17) is 0 Å². The Balaban J connectivity index is 1.48. The molecular weight excluding hydrogens is 577 g/mol. The minimum absolute atomic E-state index is 0.0360. The molecule has 4 aromatic rings. The quantitative estimate of drug-likeness (QED) is 0.207. The van der Waals surface area contributed by atoms with Gasteiger partial charge in [-0.2, -0.15) is 0 Å². The molecule has 0 saturated heterocycles. The predicted octanol–water partition coefficient (Wildman–Crippen LogP) is 13.1. The second-order valence-corrected chi connectivity index (χ2v) is 19.0. The number of fused-ring (bicyclic) bond motifs is 12. The summed E-state index contributed by atoms with van der Waals surface area (Å²) in [6, 6.07) is 26.6. The maximum Gasteiger partial charge on any atom is 0.0443 e. The van der Waals surface area contributed by atoms with E-state index in [0.717, 1.165) is 12.8 Å². The van der Waals surface area contributed by atoms with Crippen molar-refractivity contribution in [3.63, 3.8) is 0 Å². The molecule has 0 fully saturated rings. The fourth-order valence-corrected chi connectivity index (χ4v) is 10.1. The summed E-state index contributed by atoms with van der Waals surface area (Å²) >= 11 is 0. The van der Waals surface area contributed by atoms with Crippen LogP contribution in [0.4, 0.5) is 0 Å². The standard InChI is InChI=1S/C48H54/c1-28(2)23-29-17-19-33-30(24-29)18-20-35-39-38(48(40(33)35)26-31(44(3,4)5)25-32(27-48)45(6,7)8)22-21-36-41(39)47(11,12)42-34-15-13-14-16-37(34)46(9,10)43(36)42/h13-22,24-26,28H,23,27H2,1-12H3. The molecule has 0 aliphatic heterocycles. The van der Waals surface area contributed by atoms with E-state index >= 15 is 0 Å². The van der Waals surface area contributed by atoms with E-state index in [0.29, 0.717) is 5.92 Å². The Kier molecular flexibility index (Phi) is 6.42. The van der Waals surface area contributed by atoms with Crippen molar-refractivity contribution >= 4 is 21.9 Å². The molecule has 0 amide bonds. The topological polar surface area (TPSA) is 0 Å². The molecular formula is C48H54. The molecule has 0 radical (unpaired) electrons. The summed E-state index contributed by atoms with van der Waals surface area (Å²) in [5.41, 5.74) is 19.2. The van der Waals surface area contributed by atoms with Crippen LogP contribution >= 0.6 is 0 Å². The number of allylic oxidation sites excluding steroid dienone is 6. The van der Waals surface area contributed by atoms with Gasteiger partial charge in [-0.1, -0.05) is 168 Å². The monoisotopic (exact) mass is 630 g/mol. The van der Waals surface area contributed by atoms with Gasteiger partial charge in [0, 0.05) is 16.2 Å². The van der Waals surface area contributed by atoms with Crippen molar-refractivity contribution in [2.24, 2.45) is 16.7 Å². The first-order valence-electron chi connectivity index (χ1n) is 18.4. The predicted molar refractivity (Wildman–Crippen MR) is 208 cm³/mol. The minimum atomic E-state index is -0.227. The van der Waals surface area contributed by atoms with Crippen molar-refractivity contribution in [1.29, 1.82) is 0 Å². The highest BCUT2D eigenvalue weighted by molar-refractivity contribution is 6.12. The highest BCUT2D eigenvalue weighted by Crippen LogP contribution is 2.68. The van der Waals surface area contributed by atoms with E-state index in [1.54, 1.807) is 11.1 Å². The van der Waals surface area contributed by atoms with Gasteiger partial charge < -0.3 is 0 Å². The van der Waals surface area contributed by atoms with Crippen LogP contribution in [0.25, 0.3) is 33.0 Å². The zero-order valence-electron chi connectivity index (χ0n) is 31.5. The Bertz CT molecular complexity index is 2150. The normalized spacial score (nSPS) is 21.7. The maximum atomic E-state index is 2.71. The third-order valence-corrected chi connectivity index (χ3v) is 12.4. The average Bonchev–Trinajstić information content (AvgIpc) is 3.51. The van der Waals surface area contributed by atoms with Crippen molar-refractivity contribution in [1.82, 2.24) is 0 Å². The Morgan fingerprint density at radius 3 is 2.04 bits per heavy atom. The van der Waals surface area contributed by atoms with E-state index in [9.17, 15) is 0 Å². The number of hydrogen-bond acceptors (Lipinski definition) is 0. The van der Waals surface area contributed by atoms with Crippen LogP contribution in [0.1, 0.15) is 128 Å². The fraction of sp³-hybridized carbons (Fsp3) is 0.417. The van der Waals surface area contributed by atoms with Gasteiger partial charge in [0.2, 0.25) is 0 Å². The molecule has 0 heteroatoms. The van der Waals surface area contributed by atoms with Gasteiger partial charge in [0.15, 0.2) is 0 Å². The van der Waals surface area contributed by atoms with Crippen LogP contribution in [-0.4, -0.2) is 0 Å². The molecule has 8 rings (SSSR count). The summed E-state index contributed by atoms with van der Waals surface area (Å²) in [7, 11) is 0. The molecule has 0 aromatic heterocycles.